The fourth-order valence-electron chi connectivity index (χ4n) is 2.33. The molecule has 4 nitrogen and oxygen atoms in total. The molecule has 118 valence electrons. The predicted molar refractivity (Wildman–Crippen MR) is 96.6 cm³/mol. The number of nitrogens with zero attached hydrogens (tertiary/aromatic N) is 3. The first-order valence-electron chi connectivity index (χ1n) is 7.51. The van der Waals surface area contributed by atoms with Crippen LogP contribution < -0.4 is 5.56 Å². The summed E-state index contributed by atoms with van der Waals surface area (Å²) in [4.78, 5) is 19.8. The molecule has 0 bridgehead atoms. The lowest BCUT2D eigenvalue weighted by atomic mass is 10.2. The minimum Gasteiger partial charge on any atom is -0.309 e. The molecule has 0 aliphatic rings. The van der Waals surface area contributed by atoms with E-state index in [1.807, 2.05) is 68.7 Å². The fourth-order valence-corrected chi connectivity index (χ4v) is 3.45. The standard InChI is InChI=1S/C18H19N3OS/c1-20(2)12-13-23-18-19-16-11-7-6-10-15(16)17(22)21(18)14-8-4-3-5-9-14/h3-11H,12-13H2,1-2H3. The van der Waals surface area contributed by atoms with Crippen LogP contribution in [0.15, 0.2) is 64.5 Å². The van der Waals surface area contributed by atoms with Crippen molar-refractivity contribution in [3.8, 4) is 5.69 Å². The van der Waals surface area contributed by atoms with Gasteiger partial charge in [0, 0.05) is 12.3 Å². The number of hydrogen-bond donors (Lipinski definition) is 0. The second kappa shape index (κ2) is 6.98. The third-order valence-electron chi connectivity index (χ3n) is 3.53. The zero-order chi connectivity index (χ0) is 16.2. The zero-order valence-corrected chi connectivity index (χ0v) is 14.1. The van der Waals surface area contributed by atoms with E-state index in [1.54, 1.807) is 16.3 Å². The Morgan fingerprint density at radius 1 is 1.04 bits per heavy atom. The van der Waals surface area contributed by atoms with Crippen LogP contribution in [0.4, 0.5) is 0 Å². The molecule has 0 aliphatic carbocycles. The van der Waals surface area contributed by atoms with E-state index in [9.17, 15) is 4.79 Å². The molecule has 0 aliphatic heterocycles. The first-order chi connectivity index (χ1) is 11.2. The molecular weight excluding hydrogens is 306 g/mol. The summed E-state index contributed by atoms with van der Waals surface area (Å²) in [5.41, 5.74) is 1.58. The highest BCUT2D eigenvalue weighted by Gasteiger charge is 2.12. The van der Waals surface area contributed by atoms with Crippen LogP contribution in [-0.4, -0.2) is 40.8 Å². The van der Waals surface area contributed by atoms with Gasteiger partial charge in [0.05, 0.1) is 16.6 Å². The number of fused-ring (bicyclic) bond motifs is 1. The molecule has 0 fully saturated rings. The SMILES string of the molecule is CN(C)CCSc1nc2ccccc2c(=O)n1-c1ccccc1. The van der Waals surface area contributed by atoms with Crippen LogP contribution in [0.25, 0.3) is 16.6 Å². The summed E-state index contributed by atoms with van der Waals surface area (Å²) in [5, 5.41) is 1.38. The third kappa shape index (κ3) is 3.46. The van der Waals surface area contributed by atoms with Crippen LogP contribution in [0.1, 0.15) is 0 Å². The van der Waals surface area contributed by atoms with E-state index in [1.165, 1.54) is 0 Å². The Labute approximate surface area is 139 Å². The molecular formula is C18H19N3OS. The Morgan fingerprint density at radius 2 is 1.74 bits per heavy atom. The van der Waals surface area contributed by atoms with Gasteiger partial charge in [-0.2, -0.15) is 0 Å². The van der Waals surface area contributed by atoms with Crippen molar-refractivity contribution in [1.29, 1.82) is 0 Å². The van der Waals surface area contributed by atoms with E-state index in [4.69, 9.17) is 4.98 Å². The number of thioether (sulfide) groups is 1. The average molecular weight is 325 g/mol. The summed E-state index contributed by atoms with van der Waals surface area (Å²) < 4.78 is 1.71. The third-order valence-corrected chi connectivity index (χ3v) is 4.45. The van der Waals surface area contributed by atoms with Gasteiger partial charge in [0.15, 0.2) is 5.16 Å². The lowest BCUT2D eigenvalue weighted by molar-refractivity contribution is 0.437. The van der Waals surface area contributed by atoms with Crippen molar-refractivity contribution in [2.45, 2.75) is 5.16 Å². The number of aromatic nitrogens is 2. The van der Waals surface area contributed by atoms with E-state index >= 15 is 0 Å². The van der Waals surface area contributed by atoms with Gasteiger partial charge in [-0.05, 0) is 38.4 Å². The highest BCUT2D eigenvalue weighted by molar-refractivity contribution is 7.99. The summed E-state index contributed by atoms with van der Waals surface area (Å²) >= 11 is 1.61. The Bertz CT molecular complexity index is 859. The normalized spacial score (nSPS) is 11.3. The summed E-state index contributed by atoms with van der Waals surface area (Å²) in [6, 6.07) is 17.2. The van der Waals surface area contributed by atoms with E-state index in [2.05, 4.69) is 4.90 Å². The van der Waals surface area contributed by atoms with Gasteiger partial charge in [0.2, 0.25) is 0 Å². The van der Waals surface area contributed by atoms with Gasteiger partial charge in [-0.25, -0.2) is 4.98 Å². The van der Waals surface area contributed by atoms with Crippen molar-refractivity contribution in [2.24, 2.45) is 0 Å². The summed E-state index contributed by atoms with van der Waals surface area (Å²) in [7, 11) is 4.08. The zero-order valence-electron chi connectivity index (χ0n) is 13.3. The minimum atomic E-state index is -0.0193. The smallest absolute Gasteiger partial charge is 0.266 e. The maximum absolute atomic E-state index is 12.9. The average Bonchev–Trinajstić information content (AvgIpc) is 2.55. The van der Waals surface area contributed by atoms with E-state index < -0.39 is 0 Å². The van der Waals surface area contributed by atoms with Gasteiger partial charge in [0.25, 0.3) is 5.56 Å². The van der Waals surface area contributed by atoms with Gasteiger partial charge >= 0.3 is 0 Å². The molecule has 0 spiro atoms. The van der Waals surface area contributed by atoms with Crippen LogP contribution in [0.5, 0.6) is 0 Å². The molecule has 0 unspecified atom stereocenters. The highest BCUT2D eigenvalue weighted by atomic mass is 32.2. The van der Waals surface area contributed by atoms with Crippen LogP contribution in [0, 0.1) is 0 Å². The number of benzene rings is 2. The van der Waals surface area contributed by atoms with Crippen LogP contribution in [0.3, 0.4) is 0 Å². The van der Waals surface area contributed by atoms with Crippen LogP contribution >= 0.6 is 11.8 Å². The highest BCUT2D eigenvalue weighted by Crippen LogP contribution is 2.21. The molecule has 0 saturated heterocycles. The number of para-hydroxylation sites is 2. The molecule has 0 radical (unpaired) electrons. The summed E-state index contributed by atoms with van der Waals surface area (Å²) in [6.45, 7) is 0.933. The van der Waals surface area contributed by atoms with Crippen molar-refractivity contribution < 1.29 is 0 Å². The van der Waals surface area contributed by atoms with Crippen LogP contribution in [-0.2, 0) is 0 Å². The quantitative estimate of drug-likeness (QED) is 0.534. The number of rotatable bonds is 5. The van der Waals surface area contributed by atoms with E-state index in [0.717, 1.165) is 28.7 Å². The molecule has 0 N–H and O–H groups in total. The Morgan fingerprint density at radius 3 is 2.48 bits per heavy atom. The number of hydrogen-bond acceptors (Lipinski definition) is 4. The Balaban J connectivity index is 2.14. The molecule has 0 atom stereocenters. The monoisotopic (exact) mass is 325 g/mol. The van der Waals surface area contributed by atoms with Gasteiger partial charge in [0.1, 0.15) is 0 Å². The predicted octanol–water partition coefficient (Wildman–Crippen LogP) is 3.04. The first-order valence-corrected chi connectivity index (χ1v) is 8.50. The first kappa shape index (κ1) is 15.8. The molecule has 3 rings (SSSR count). The molecule has 3 aromatic rings. The maximum atomic E-state index is 12.9. The van der Waals surface area contributed by atoms with Crippen LogP contribution in [0.2, 0.25) is 0 Å². The van der Waals surface area contributed by atoms with Crippen molar-refractivity contribution in [3.05, 3.63) is 65.0 Å². The molecule has 0 saturated carbocycles. The second-order valence-electron chi connectivity index (χ2n) is 5.54. The minimum absolute atomic E-state index is 0.0193. The van der Waals surface area contributed by atoms with Crippen molar-refractivity contribution in [3.63, 3.8) is 0 Å². The van der Waals surface area contributed by atoms with E-state index in [0.29, 0.717) is 5.39 Å². The molecule has 23 heavy (non-hydrogen) atoms. The Hall–Kier alpha value is -2.11. The van der Waals surface area contributed by atoms with Gasteiger partial charge in [-0.1, -0.05) is 42.1 Å². The van der Waals surface area contributed by atoms with Gasteiger partial charge in [-0.3, -0.25) is 9.36 Å². The molecule has 1 heterocycles. The lowest BCUT2D eigenvalue weighted by Gasteiger charge is -2.14. The van der Waals surface area contributed by atoms with Gasteiger partial charge in [-0.15, -0.1) is 0 Å². The maximum Gasteiger partial charge on any atom is 0.266 e. The fraction of sp³-hybridized carbons (Fsp3) is 0.222. The lowest BCUT2D eigenvalue weighted by Crippen LogP contribution is -2.22. The molecule has 1 aromatic heterocycles. The Kier molecular flexibility index (Phi) is 4.79. The molecule has 5 heteroatoms. The van der Waals surface area contributed by atoms with Gasteiger partial charge < -0.3 is 4.90 Å². The molecule has 2 aromatic carbocycles. The van der Waals surface area contributed by atoms with Crippen molar-refractivity contribution >= 4 is 22.7 Å². The van der Waals surface area contributed by atoms with E-state index in [-0.39, 0.29) is 5.56 Å². The van der Waals surface area contributed by atoms with Crippen molar-refractivity contribution in [2.75, 3.05) is 26.4 Å². The van der Waals surface area contributed by atoms with Crippen molar-refractivity contribution in [1.82, 2.24) is 14.5 Å². The largest absolute Gasteiger partial charge is 0.309 e. The molecule has 0 amide bonds. The summed E-state index contributed by atoms with van der Waals surface area (Å²) in [5.74, 6) is 0.880. The summed E-state index contributed by atoms with van der Waals surface area (Å²) in [6.07, 6.45) is 0. The topological polar surface area (TPSA) is 38.1 Å². The second-order valence-corrected chi connectivity index (χ2v) is 6.60.